The number of aromatic nitrogens is 3. The highest BCUT2D eigenvalue weighted by Crippen LogP contribution is 2.38. The van der Waals surface area contributed by atoms with Gasteiger partial charge in [-0.1, -0.05) is 53.8 Å². The van der Waals surface area contributed by atoms with Crippen molar-refractivity contribution < 1.29 is 9.59 Å². The van der Waals surface area contributed by atoms with Gasteiger partial charge in [0.15, 0.2) is 11.0 Å². The van der Waals surface area contributed by atoms with Gasteiger partial charge in [0.2, 0.25) is 0 Å². The molecule has 0 saturated carbocycles. The molecule has 0 fully saturated rings. The molecule has 0 aliphatic carbocycles. The van der Waals surface area contributed by atoms with Crippen molar-refractivity contribution in [3.05, 3.63) is 94.9 Å². The van der Waals surface area contributed by atoms with E-state index in [-0.39, 0.29) is 11.8 Å². The fraction of sp³-hybridized carbons (Fsp3) is 0.0400. The number of rotatable bonds is 6. The van der Waals surface area contributed by atoms with E-state index in [1.165, 1.54) is 22.7 Å². The molecular weight excluding hydrogens is 466 g/mol. The lowest BCUT2D eigenvalue weighted by molar-refractivity contribution is 0.101. The monoisotopic (exact) mass is 485 g/mol. The third-order valence-corrected chi connectivity index (χ3v) is 6.88. The number of nitrogens with one attached hydrogen (secondary N) is 2. The fourth-order valence-electron chi connectivity index (χ4n) is 3.41. The van der Waals surface area contributed by atoms with Crippen LogP contribution in [0.1, 0.15) is 20.0 Å². The molecule has 3 aromatic heterocycles. The van der Waals surface area contributed by atoms with Gasteiger partial charge in [0.05, 0.1) is 15.4 Å². The molecular formula is C25H19N5O2S2. The summed E-state index contributed by atoms with van der Waals surface area (Å²) in [5.41, 5.74) is 2.66. The number of hydrogen-bond donors (Lipinski definition) is 2. The number of aryl methyl sites for hydroxylation is 1. The zero-order valence-electron chi connectivity index (χ0n) is 18.1. The highest BCUT2D eigenvalue weighted by atomic mass is 32.1. The quantitative estimate of drug-likeness (QED) is 0.319. The third kappa shape index (κ3) is 4.52. The van der Waals surface area contributed by atoms with E-state index in [2.05, 4.69) is 15.6 Å². The Kier molecular flexibility index (Phi) is 6.03. The minimum atomic E-state index is -0.313. The Hall–Kier alpha value is -4.08. The van der Waals surface area contributed by atoms with E-state index in [1.807, 2.05) is 59.6 Å². The summed E-state index contributed by atoms with van der Waals surface area (Å²) < 4.78 is 1.92. The van der Waals surface area contributed by atoms with Gasteiger partial charge < -0.3 is 9.88 Å². The summed E-state index contributed by atoms with van der Waals surface area (Å²) in [6.07, 6.45) is 3.61. The normalized spacial score (nSPS) is 10.7. The Morgan fingerprint density at radius 3 is 2.53 bits per heavy atom. The number of anilines is 2. The van der Waals surface area contributed by atoms with E-state index in [4.69, 9.17) is 4.98 Å². The molecule has 0 aliphatic rings. The second kappa shape index (κ2) is 9.42. The van der Waals surface area contributed by atoms with Crippen LogP contribution in [-0.2, 0) is 7.05 Å². The molecule has 34 heavy (non-hydrogen) atoms. The van der Waals surface area contributed by atoms with Crippen molar-refractivity contribution >= 4 is 45.3 Å². The van der Waals surface area contributed by atoms with Crippen molar-refractivity contribution in [2.45, 2.75) is 0 Å². The van der Waals surface area contributed by atoms with Gasteiger partial charge in [0, 0.05) is 36.3 Å². The predicted molar refractivity (Wildman–Crippen MR) is 136 cm³/mol. The van der Waals surface area contributed by atoms with Crippen LogP contribution in [0.5, 0.6) is 0 Å². The van der Waals surface area contributed by atoms with E-state index in [9.17, 15) is 9.59 Å². The van der Waals surface area contributed by atoms with Gasteiger partial charge in [-0.2, -0.15) is 0 Å². The number of nitrogens with zero attached hydrogens (tertiary/aromatic N) is 3. The molecule has 2 N–H and O–H groups in total. The third-order valence-electron chi connectivity index (χ3n) is 5.05. The van der Waals surface area contributed by atoms with Crippen molar-refractivity contribution in [1.29, 1.82) is 0 Å². The first-order valence-corrected chi connectivity index (χ1v) is 12.1. The Balaban J connectivity index is 1.40. The van der Waals surface area contributed by atoms with Crippen LogP contribution in [0.25, 0.3) is 22.0 Å². The lowest BCUT2D eigenvalue weighted by Crippen LogP contribution is -2.14. The highest BCUT2D eigenvalue weighted by molar-refractivity contribution is 7.19. The van der Waals surface area contributed by atoms with Crippen molar-refractivity contribution in [2.24, 2.45) is 7.05 Å². The van der Waals surface area contributed by atoms with Crippen molar-refractivity contribution in [2.75, 3.05) is 10.6 Å². The summed E-state index contributed by atoms with van der Waals surface area (Å²) in [7, 11) is 1.92. The van der Waals surface area contributed by atoms with Crippen LogP contribution in [-0.4, -0.2) is 26.3 Å². The van der Waals surface area contributed by atoms with E-state index in [0.717, 1.165) is 22.0 Å². The molecule has 0 bridgehead atoms. The van der Waals surface area contributed by atoms with Crippen molar-refractivity contribution in [3.8, 4) is 22.0 Å². The number of benzene rings is 2. The standard InChI is InChI=1S/C25H19N5O2S2/c1-30-13-12-26-22(30)21-20(16-7-3-2-4-8-16)28-25(34-21)29-23(31)17-9-5-10-18(15-17)27-24(32)19-11-6-14-33-19/h2-15H,1H3,(H,27,32)(H,28,29,31). The maximum absolute atomic E-state index is 13.0. The first-order valence-electron chi connectivity index (χ1n) is 10.4. The molecule has 9 heteroatoms. The number of thiophene rings is 1. The molecule has 0 unspecified atom stereocenters. The van der Waals surface area contributed by atoms with Crippen LogP contribution in [0.2, 0.25) is 0 Å². The zero-order valence-corrected chi connectivity index (χ0v) is 19.7. The van der Waals surface area contributed by atoms with E-state index in [0.29, 0.717) is 21.3 Å². The number of imidazole rings is 1. The maximum Gasteiger partial charge on any atom is 0.265 e. The van der Waals surface area contributed by atoms with Crippen LogP contribution < -0.4 is 10.6 Å². The van der Waals surface area contributed by atoms with Crippen LogP contribution in [0.15, 0.2) is 84.5 Å². The number of thiazole rings is 1. The lowest BCUT2D eigenvalue weighted by Gasteiger charge is -2.06. The molecule has 0 saturated heterocycles. The summed E-state index contributed by atoms with van der Waals surface area (Å²) in [5.74, 6) is 0.252. The second-order valence-corrected chi connectivity index (χ2v) is 9.34. The van der Waals surface area contributed by atoms with Gasteiger partial charge in [-0.05, 0) is 29.6 Å². The van der Waals surface area contributed by atoms with Gasteiger partial charge in [0.25, 0.3) is 11.8 Å². The van der Waals surface area contributed by atoms with Crippen LogP contribution in [0, 0.1) is 0 Å². The molecule has 5 aromatic rings. The summed E-state index contributed by atoms with van der Waals surface area (Å²) in [5, 5.41) is 8.04. The summed E-state index contributed by atoms with van der Waals surface area (Å²) in [6.45, 7) is 0. The minimum absolute atomic E-state index is 0.209. The first-order chi connectivity index (χ1) is 16.6. The zero-order chi connectivity index (χ0) is 23.5. The highest BCUT2D eigenvalue weighted by Gasteiger charge is 2.20. The molecule has 2 aromatic carbocycles. The molecule has 3 heterocycles. The summed E-state index contributed by atoms with van der Waals surface area (Å²) in [4.78, 5) is 36.0. The number of carbonyl (C=O) groups is 2. The van der Waals surface area contributed by atoms with Crippen LogP contribution >= 0.6 is 22.7 Å². The Morgan fingerprint density at radius 2 is 1.79 bits per heavy atom. The summed E-state index contributed by atoms with van der Waals surface area (Å²) in [6, 6.07) is 20.2. The minimum Gasteiger partial charge on any atom is -0.333 e. The number of amides is 2. The van der Waals surface area contributed by atoms with Crippen LogP contribution in [0.4, 0.5) is 10.8 Å². The SMILES string of the molecule is Cn1ccnc1-c1sc(NC(=O)c2cccc(NC(=O)c3cccs3)c2)nc1-c1ccccc1. The molecule has 0 radical (unpaired) electrons. The average Bonchev–Trinajstić information content (AvgIpc) is 3.61. The molecule has 7 nitrogen and oxygen atoms in total. The largest absolute Gasteiger partial charge is 0.333 e. The average molecular weight is 486 g/mol. The topological polar surface area (TPSA) is 88.9 Å². The van der Waals surface area contributed by atoms with Gasteiger partial charge in [-0.25, -0.2) is 9.97 Å². The fourth-order valence-corrected chi connectivity index (χ4v) is 5.05. The Labute approximate surface area is 203 Å². The Morgan fingerprint density at radius 1 is 0.941 bits per heavy atom. The smallest absolute Gasteiger partial charge is 0.265 e. The van der Waals surface area contributed by atoms with Crippen molar-refractivity contribution in [3.63, 3.8) is 0 Å². The van der Waals surface area contributed by atoms with E-state index < -0.39 is 0 Å². The number of carbonyl (C=O) groups excluding carboxylic acids is 2. The molecule has 5 rings (SSSR count). The molecule has 2 amide bonds. The van der Waals surface area contributed by atoms with Crippen LogP contribution in [0.3, 0.4) is 0 Å². The van der Waals surface area contributed by atoms with Gasteiger partial charge in [-0.3, -0.25) is 14.9 Å². The van der Waals surface area contributed by atoms with Crippen molar-refractivity contribution in [1.82, 2.24) is 14.5 Å². The number of hydrogen-bond acceptors (Lipinski definition) is 6. The second-order valence-electron chi connectivity index (χ2n) is 7.39. The maximum atomic E-state index is 13.0. The lowest BCUT2D eigenvalue weighted by atomic mass is 10.1. The molecule has 168 valence electrons. The predicted octanol–water partition coefficient (Wildman–Crippen LogP) is 5.78. The van der Waals surface area contributed by atoms with Gasteiger partial charge in [-0.15, -0.1) is 11.3 Å². The van der Waals surface area contributed by atoms with Gasteiger partial charge in [0.1, 0.15) is 0 Å². The molecule has 0 aliphatic heterocycles. The molecule has 0 atom stereocenters. The van der Waals surface area contributed by atoms with E-state index >= 15 is 0 Å². The Bertz CT molecular complexity index is 1460. The first kappa shape index (κ1) is 21.7. The van der Waals surface area contributed by atoms with E-state index in [1.54, 1.807) is 36.5 Å². The molecule has 0 spiro atoms. The summed E-state index contributed by atoms with van der Waals surface area (Å²) >= 11 is 2.73. The van der Waals surface area contributed by atoms with Gasteiger partial charge >= 0.3 is 0 Å².